The topological polar surface area (TPSA) is 42.9 Å². The molecule has 2 aromatic heterocycles. The van der Waals surface area contributed by atoms with Crippen LogP contribution in [0.1, 0.15) is 31.1 Å². The van der Waals surface area contributed by atoms with E-state index in [1.807, 2.05) is 31.5 Å². The number of aromatic nitrogens is 2. The lowest BCUT2D eigenvalue weighted by atomic mass is 9.86. The van der Waals surface area contributed by atoms with Crippen LogP contribution in [0.2, 0.25) is 0 Å². The molecule has 0 atom stereocenters. The van der Waals surface area contributed by atoms with Crippen LogP contribution in [0.5, 0.6) is 0 Å². The van der Waals surface area contributed by atoms with Crippen molar-refractivity contribution in [2.45, 2.75) is 20.8 Å². The Morgan fingerprint density at radius 2 is 1.82 bits per heavy atom. The number of ketones is 1. The summed E-state index contributed by atoms with van der Waals surface area (Å²) >= 11 is 1.50. The first-order valence-corrected chi connectivity index (χ1v) is 6.33. The normalized spacial score (nSPS) is 11.5. The number of carbonyl (C=O) groups excluding carboxylic acids is 1. The Bertz CT molecular complexity index is 526. The zero-order chi connectivity index (χ0) is 12.5. The van der Waals surface area contributed by atoms with Gasteiger partial charge in [0.25, 0.3) is 0 Å². The van der Waals surface area contributed by atoms with E-state index in [9.17, 15) is 4.79 Å². The first kappa shape index (κ1) is 11.9. The van der Waals surface area contributed by atoms with Gasteiger partial charge in [-0.15, -0.1) is 0 Å². The molecule has 0 N–H and O–H groups in total. The van der Waals surface area contributed by atoms with Gasteiger partial charge >= 0.3 is 0 Å². The van der Waals surface area contributed by atoms with Crippen molar-refractivity contribution >= 4 is 17.1 Å². The summed E-state index contributed by atoms with van der Waals surface area (Å²) in [5, 5.41) is 3.80. The average molecular weight is 246 g/mol. The summed E-state index contributed by atoms with van der Waals surface area (Å²) < 4.78 is 0. The fourth-order valence-electron chi connectivity index (χ4n) is 1.49. The Morgan fingerprint density at radius 3 is 2.41 bits per heavy atom. The van der Waals surface area contributed by atoms with Gasteiger partial charge in [-0.2, -0.15) is 11.3 Å². The van der Waals surface area contributed by atoms with E-state index in [1.54, 1.807) is 18.5 Å². The third-order valence-corrected chi connectivity index (χ3v) is 3.14. The van der Waals surface area contributed by atoms with Crippen LogP contribution in [0.3, 0.4) is 0 Å². The van der Waals surface area contributed by atoms with E-state index in [0.29, 0.717) is 11.4 Å². The SMILES string of the molecule is CC(C)(C)C(=O)c1cscc1-c1ncccn1. The molecule has 0 fully saturated rings. The molecule has 0 unspecified atom stereocenters. The lowest BCUT2D eigenvalue weighted by molar-refractivity contribution is 0.0859. The molecular formula is C13H14N2OS. The van der Waals surface area contributed by atoms with Gasteiger partial charge in [0.05, 0.1) is 0 Å². The van der Waals surface area contributed by atoms with E-state index in [0.717, 1.165) is 5.56 Å². The highest BCUT2D eigenvalue weighted by Gasteiger charge is 2.26. The van der Waals surface area contributed by atoms with E-state index in [-0.39, 0.29) is 11.2 Å². The Hall–Kier alpha value is -1.55. The quantitative estimate of drug-likeness (QED) is 0.762. The van der Waals surface area contributed by atoms with E-state index >= 15 is 0 Å². The minimum absolute atomic E-state index is 0.126. The lowest BCUT2D eigenvalue weighted by Crippen LogP contribution is -2.20. The first-order chi connectivity index (χ1) is 8.00. The highest BCUT2D eigenvalue weighted by atomic mass is 32.1. The summed E-state index contributed by atoms with van der Waals surface area (Å²) in [6, 6.07) is 1.77. The molecule has 2 heterocycles. The summed E-state index contributed by atoms with van der Waals surface area (Å²) in [5.74, 6) is 0.738. The number of carbonyl (C=O) groups is 1. The Kier molecular flexibility index (Phi) is 3.07. The van der Waals surface area contributed by atoms with Gasteiger partial charge in [-0.1, -0.05) is 20.8 Å². The van der Waals surface area contributed by atoms with Crippen LogP contribution in [0.4, 0.5) is 0 Å². The fourth-order valence-corrected chi connectivity index (χ4v) is 2.29. The van der Waals surface area contributed by atoms with Crippen molar-refractivity contribution in [3.8, 4) is 11.4 Å². The molecule has 0 saturated carbocycles. The predicted molar refractivity (Wildman–Crippen MR) is 69.1 cm³/mol. The maximum atomic E-state index is 12.3. The van der Waals surface area contributed by atoms with Crippen molar-refractivity contribution < 1.29 is 4.79 Å². The molecule has 3 nitrogen and oxygen atoms in total. The number of Topliss-reactive ketones (excluding diaryl/α,β-unsaturated/α-hetero) is 1. The van der Waals surface area contributed by atoms with Gasteiger partial charge in [-0.05, 0) is 6.07 Å². The van der Waals surface area contributed by atoms with Crippen LogP contribution in [-0.2, 0) is 0 Å². The second-order valence-electron chi connectivity index (χ2n) is 4.85. The number of hydrogen-bond donors (Lipinski definition) is 0. The maximum absolute atomic E-state index is 12.3. The molecule has 0 aromatic carbocycles. The summed E-state index contributed by atoms with van der Waals surface area (Å²) in [6.07, 6.45) is 3.37. The van der Waals surface area contributed by atoms with Crippen LogP contribution >= 0.6 is 11.3 Å². The fraction of sp³-hybridized carbons (Fsp3) is 0.308. The number of hydrogen-bond acceptors (Lipinski definition) is 4. The van der Waals surface area contributed by atoms with Gasteiger partial charge in [0.1, 0.15) is 0 Å². The highest BCUT2D eigenvalue weighted by molar-refractivity contribution is 7.08. The van der Waals surface area contributed by atoms with Crippen LogP contribution in [0.25, 0.3) is 11.4 Å². The van der Waals surface area contributed by atoms with Gasteiger partial charge in [0.2, 0.25) is 0 Å². The maximum Gasteiger partial charge on any atom is 0.169 e. The summed E-state index contributed by atoms with van der Waals surface area (Å²) in [5.41, 5.74) is 1.16. The number of rotatable bonds is 2. The van der Waals surface area contributed by atoms with Crippen LogP contribution in [0, 0.1) is 5.41 Å². The zero-order valence-corrected chi connectivity index (χ0v) is 10.9. The van der Waals surface area contributed by atoms with Crippen LogP contribution in [0.15, 0.2) is 29.2 Å². The minimum atomic E-state index is -0.384. The molecule has 2 rings (SSSR count). The summed E-state index contributed by atoms with van der Waals surface area (Å²) in [7, 11) is 0. The van der Waals surface area contributed by atoms with Crippen molar-refractivity contribution in [2.24, 2.45) is 5.41 Å². The third-order valence-electron chi connectivity index (χ3n) is 2.39. The molecule has 0 aliphatic heterocycles. The smallest absolute Gasteiger partial charge is 0.169 e. The molecule has 17 heavy (non-hydrogen) atoms. The number of thiophene rings is 1. The molecule has 0 bridgehead atoms. The largest absolute Gasteiger partial charge is 0.294 e. The summed E-state index contributed by atoms with van der Waals surface area (Å²) in [4.78, 5) is 20.7. The van der Waals surface area contributed by atoms with Gasteiger partial charge in [0, 0.05) is 39.7 Å². The van der Waals surface area contributed by atoms with Gasteiger partial charge in [0.15, 0.2) is 11.6 Å². The lowest BCUT2D eigenvalue weighted by Gasteiger charge is -2.16. The molecule has 88 valence electrons. The Morgan fingerprint density at radius 1 is 1.18 bits per heavy atom. The zero-order valence-electron chi connectivity index (χ0n) is 10.1. The van der Waals surface area contributed by atoms with Gasteiger partial charge in [-0.3, -0.25) is 4.79 Å². The van der Waals surface area contributed by atoms with E-state index < -0.39 is 0 Å². The predicted octanol–water partition coefficient (Wildman–Crippen LogP) is 3.43. The first-order valence-electron chi connectivity index (χ1n) is 5.38. The Balaban J connectivity index is 2.46. The average Bonchev–Trinajstić information content (AvgIpc) is 2.76. The van der Waals surface area contributed by atoms with E-state index in [1.165, 1.54) is 11.3 Å². The third kappa shape index (κ3) is 2.42. The molecule has 2 aromatic rings. The van der Waals surface area contributed by atoms with E-state index in [4.69, 9.17) is 0 Å². The summed E-state index contributed by atoms with van der Waals surface area (Å²) in [6.45, 7) is 5.76. The monoisotopic (exact) mass is 246 g/mol. The molecule has 0 amide bonds. The van der Waals surface area contributed by atoms with Crippen LogP contribution < -0.4 is 0 Å². The van der Waals surface area contributed by atoms with Crippen molar-refractivity contribution in [3.05, 3.63) is 34.8 Å². The molecule has 0 spiro atoms. The van der Waals surface area contributed by atoms with Crippen molar-refractivity contribution in [2.75, 3.05) is 0 Å². The molecule has 0 aliphatic rings. The van der Waals surface area contributed by atoms with Gasteiger partial charge < -0.3 is 0 Å². The second-order valence-corrected chi connectivity index (χ2v) is 5.59. The molecular weight excluding hydrogens is 232 g/mol. The van der Waals surface area contributed by atoms with Crippen molar-refractivity contribution in [1.82, 2.24) is 9.97 Å². The van der Waals surface area contributed by atoms with Crippen molar-refractivity contribution in [1.29, 1.82) is 0 Å². The second kappa shape index (κ2) is 4.37. The molecule has 0 saturated heterocycles. The standard InChI is InChI=1S/C13H14N2OS/c1-13(2,3)11(16)9-7-17-8-10(9)12-14-5-4-6-15-12/h4-8H,1-3H3. The Labute approximate surface area is 105 Å². The van der Waals surface area contributed by atoms with Crippen LogP contribution in [-0.4, -0.2) is 15.8 Å². The number of nitrogens with zero attached hydrogens (tertiary/aromatic N) is 2. The van der Waals surface area contributed by atoms with Gasteiger partial charge in [-0.25, -0.2) is 9.97 Å². The molecule has 4 heteroatoms. The molecule has 0 radical (unpaired) electrons. The van der Waals surface area contributed by atoms with Crippen molar-refractivity contribution in [3.63, 3.8) is 0 Å². The minimum Gasteiger partial charge on any atom is -0.294 e. The molecule has 0 aliphatic carbocycles. The van der Waals surface area contributed by atoms with E-state index in [2.05, 4.69) is 9.97 Å². The highest BCUT2D eigenvalue weighted by Crippen LogP contribution is 2.30.